The van der Waals surface area contributed by atoms with Crippen LogP contribution in [-0.2, 0) is 11.8 Å². The first-order valence-corrected chi connectivity index (χ1v) is 12.4. The summed E-state index contributed by atoms with van der Waals surface area (Å²) in [5.41, 5.74) is 1.89. The summed E-state index contributed by atoms with van der Waals surface area (Å²) in [6.45, 7) is 2.01. The fourth-order valence-corrected chi connectivity index (χ4v) is 5.28. The lowest BCUT2D eigenvalue weighted by atomic mass is 9.97. The molecule has 1 N–H and O–H groups in total. The van der Waals surface area contributed by atoms with Crippen molar-refractivity contribution in [2.24, 2.45) is 7.05 Å². The van der Waals surface area contributed by atoms with Crippen LogP contribution in [0.25, 0.3) is 27.9 Å². The Labute approximate surface area is 221 Å². The van der Waals surface area contributed by atoms with E-state index >= 15 is 0 Å². The van der Waals surface area contributed by atoms with E-state index in [1.54, 1.807) is 60.9 Å². The molecule has 2 aliphatic heterocycles. The van der Waals surface area contributed by atoms with Crippen molar-refractivity contribution in [2.45, 2.75) is 6.04 Å². The SMILES string of the molecule is Cn1ccn(-c2ccc(-c3cc(F)cc(-c4ccnc(N5CCN6C(=O)OC[C@@H]6C5)c4)c3O)cc2Cl)c1=O. The van der Waals surface area contributed by atoms with Gasteiger partial charge in [0.2, 0.25) is 0 Å². The highest BCUT2D eigenvalue weighted by molar-refractivity contribution is 6.32. The first-order chi connectivity index (χ1) is 18.3. The number of hydrogen-bond donors (Lipinski definition) is 1. The summed E-state index contributed by atoms with van der Waals surface area (Å²) in [7, 11) is 1.64. The number of carbonyl (C=O) groups excluding carboxylic acids is 1. The van der Waals surface area contributed by atoms with Crippen LogP contribution in [-0.4, -0.2) is 62.5 Å². The molecule has 2 aromatic heterocycles. The van der Waals surface area contributed by atoms with Crippen LogP contribution >= 0.6 is 11.6 Å². The number of phenols is 1. The summed E-state index contributed by atoms with van der Waals surface area (Å²) in [6, 6.07) is 10.9. The molecule has 2 saturated heterocycles. The van der Waals surface area contributed by atoms with E-state index in [0.717, 1.165) is 0 Å². The van der Waals surface area contributed by atoms with Crippen molar-refractivity contribution >= 4 is 23.5 Å². The average Bonchev–Trinajstić information content (AvgIpc) is 3.46. The Balaban J connectivity index is 1.34. The molecule has 1 amide bonds. The first-order valence-electron chi connectivity index (χ1n) is 12.0. The molecule has 4 heterocycles. The number of benzene rings is 2. The number of imidazole rings is 1. The quantitative estimate of drug-likeness (QED) is 0.424. The van der Waals surface area contributed by atoms with E-state index in [-0.39, 0.29) is 34.2 Å². The summed E-state index contributed by atoms with van der Waals surface area (Å²) in [4.78, 5) is 32.4. The number of fused-ring (bicyclic) bond motifs is 1. The first kappa shape index (κ1) is 24.1. The molecular formula is C27H23ClFN5O4. The summed E-state index contributed by atoms with van der Waals surface area (Å²) in [6.07, 6.45) is 4.55. The minimum atomic E-state index is -0.527. The van der Waals surface area contributed by atoms with Gasteiger partial charge in [-0.25, -0.2) is 19.0 Å². The minimum absolute atomic E-state index is 0.0460. The van der Waals surface area contributed by atoms with E-state index in [4.69, 9.17) is 16.3 Å². The van der Waals surface area contributed by atoms with Crippen molar-refractivity contribution in [1.29, 1.82) is 0 Å². The highest BCUT2D eigenvalue weighted by atomic mass is 35.5. The van der Waals surface area contributed by atoms with Crippen LogP contribution in [0.4, 0.5) is 15.0 Å². The monoisotopic (exact) mass is 535 g/mol. The zero-order chi connectivity index (χ0) is 26.6. The van der Waals surface area contributed by atoms with Gasteiger partial charge >= 0.3 is 11.8 Å². The fourth-order valence-electron chi connectivity index (χ4n) is 5.01. The van der Waals surface area contributed by atoms with Crippen LogP contribution in [0.3, 0.4) is 0 Å². The number of aromatic hydroxyl groups is 1. The number of cyclic esters (lactones) is 1. The average molecular weight is 536 g/mol. The summed E-state index contributed by atoms with van der Waals surface area (Å²) >= 11 is 6.51. The Bertz CT molecular complexity index is 1630. The Morgan fingerprint density at radius 3 is 2.53 bits per heavy atom. The van der Waals surface area contributed by atoms with Gasteiger partial charge in [-0.1, -0.05) is 17.7 Å². The molecule has 0 bridgehead atoms. The van der Waals surface area contributed by atoms with E-state index in [1.165, 1.54) is 21.3 Å². The van der Waals surface area contributed by atoms with E-state index < -0.39 is 5.82 Å². The molecule has 0 spiro atoms. The number of rotatable bonds is 4. The van der Waals surface area contributed by atoms with Gasteiger partial charge in [0.25, 0.3) is 0 Å². The highest BCUT2D eigenvalue weighted by Crippen LogP contribution is 2.41. The molecule has 0 aliphatic carbocycles. The third-order valence-electron chi connectivity index (χ3n) is 7.04. The number of phenolic OH excluding ortho intramolecular Hbond substituents is 1. The molecule has 2 fully saturated rings. The van der Waals surface area contributed by atoms with Crippen molar-refractivity contribution in [2.75, 3.05) is 31.1 Å². The van der Waals surface area contributed by atoms with Crippen LogP contribution < -0.4 is 10.6 Å². The van der Waals surface area contributed by atoms with Gasteiger partial charge in [0.15, 0.2) is 0 Å². The smallest absolute Gasteiger partial charge is 0.410 e. The Hall–Kier alpha value is -4.31. The van der Waals surface area contributed by atoms with Crippen LogP contribution in [0.5, 0.6) is 5.75 Å². The van der Waals surface area contributed by atoms with E-state index in [2.05, 4.69) is 4.98 Å². The van der Waals surface area contributed by atoms with Crippen molar-refractivity contribution < 1.29 is 19.0 Å². The maximum absolute atomic E-state index is 14.8. The third kappa shape index (κ3) is 4.06. The van der Waals surface area contributed by atoms with Gasteiger partial charge < -0.3 is 19.3 Å². The molecule has 4 aromatic rings. The lowest BCUT2D eigenvalue weighted by Crippen LogP contribution is -2.52. The van der Waals surface area contributed by atoms with Crippen molar-refractivity contribution in [3.8, 4) is 33.7 Å². The second-order valence-corrected chi connectivity index (χ2v) is 9.76. The van der Waals surface area contributed by atoms with Crippen LogP contribution in [0.1, 0.15) is 0 Å². The van der Waals surface area contributed by atoms with Gasteiger partial charge in [-0.15, -0.1) is 0 Å². The molecule has 38 heavy (non-hydrogen) atoms. The number of nitrogens with zero attached hydrogens (tertiary/aromatic N) is 5. The van der Waals surface area contributed by atoms with Crippen molar-refractivity contribution in [1.82, 2.24) is 19.0 Å². The van der Waals surface area contributed by atoms with Gasteiger partial charge in [0.1, 0.15) is 24.0 Å². The summed E-state index contributed by atoms with van der Waals surface area (Å²) in [5, 5.41) is 11.5. The molecule has 0 unspecified atom stereocenters. The lowest BCUT2D eigenvalue weighted by Gasteiger charge is -2.36. The maximum Gasteiger partial charge on any atom is 0.410 e. The molecule has 11 heteroatoms. The molecule has 2 aromatic carbocycles. The summed E-state index contributed by atoms with van der Waals surface area (Å²) in [5.74, 6) is 0.0251. The van der Waals surface area contributed by atoms with Gasteiger partial charge in [0, 0.05) is 56.4 Å². The number of aromatic nitrogens is 3. The highest BCUT2D eigenvalue weighted by Gasteiger charge is 2.37. The largest absolute Gasteiger partial charge is 0.507 e. The number of anilines is 1. The van der Waals surface area contributed by atoms with Gasteiger partial charge in [0.05, 0.1) is 16.8 Å². The molecule has 6 rings (SSSR count). The molecule has 194 valence electrons. The lowest BCUT2D eigenvalue weighted by molar-refractivity contribution is 0.157. The fraction of sp³-hybridized carbons (Fsp3) is 0.222. The second-order valence-electron chi connectivity index (χ2n) is 9.35. The number of piperazine rings is 1. The van der Waals surface area contributed by atoms with E-state index in [1.807, 2.05) is 4.90 Å². The standard InChI is InChI=1S/C27H23ClFN5O4/c1-31-6-8-34(26(31)36)23-3-2-16(10-22(23)28)20-12-18(29)13-21(25(20)35)17-4-5-30-24(11-17)32-7-9-33-19(14-32)15-38-27(33)37/h2-6,8,10-13,19,35H,7,9,14-15H2,1H3/t19-/m0/s1. The van der Waals surface area contributed by atoms with Gasteiger partial charge in [-0.3, -0.25) is 9.47 Å². The molecule has 1 atom stereocenters. The van der Waals surface area contributed by atoms with Crippen molar-refractivity contribution in [3.05, 3.63) is 82.4 Å². The molecule has 2 aliphatic rings. The minimum Gasteiger partial charge on any atom is -0.507 e. The number of amides is 1. The third-order valence-corrected chi connectivity index (χ3v) is 7.34. The number of aryl methyl sites for hydroxylation is 1. The Morgan fingerprint density at radius 1 is 1.05 bits per heavy atom. The topological polar surface area (TPSA) is 92.8 Å². The van der Waals surface area contributed by atoms with E-state index in [0.29, 0.717) is 54.4 Å². The van der Waals surface area contributed by atoms with Crippen LogP contribution in [0, 0.1) is 5.82 Å². The molecular weight excluding hydrogens is 513 g/mol. The molecule has 0 radical (unpaired) electrons. The summed E-state index contributed by atoms with van der Waals surface area (Å²) < 4.78 is 22.8. The number of hydrogen-bond acceptors (Lipinski definition) is 6. The van der Waals surface area contributed by atoms with Gasteiger partial charge in [-0.2, -0.15) is 0 Å². The van der Waals surface area contributed by atoms with Crippen molar-refractivity contribution in [3.63, 3.8) is 0 Å². The Kier molecular flexibility index (Phi) is 5.83. The Morgan fingerprint density at radius 2 is 1.82 bits per heavy atom. The number of halogens is 2. The maximum atomic E-state index is 14.8. The van der Waals surface area contributed by atoms with Crippen LogP contribution in [0.2, 0.25) is 5.02 Å². The predicted molar refractivity (Wildman–Crippen MR) is 140 cm³/mol. The number of ether oxygens (including phenoxy) is 1. The normalized spacial score (nSPS) is 17.0. The zero-order valence-electron chi connectivity index (χ0n) is 20.3. The number of carbonyl (C=O) groups is 1. The molecule has 0 saturated carbocycles. The predicted octanol–water partition coefficient (Wildman–Crippen LogP) is 4.04. The second kappa shape index (κ2) is 9.21. The zero-order valence-corrected chi connectivity index (χ0v) is 21.1. The van der Waals surface area contributed by atoms with Gasteiger partial charge in [-0.05, 0) is 47.5 Å². The van der Waals surface area contributed by atoms with Crippen LogP contribution in [0.15, 0.2) is 65.8 Å². The van der Waals surface area contributed by atoms with E-state index in [9.17, 15) is 19.1 Å². The molecule has 9 nitrogen and oxygen atoms in total. The number of pyridine rings is 1.